The molecular formula is C19H20N6O. The van der Waals surface area contributed by atoms with E-state index in [9.17, 15) is 4.79 Å². The number of primary amides is 1. The molecule has 0 fully saturated rings. The third-order valence-corrected chi connectivity index (χ3v) is 4.41. The van der Waals surface area contributed by atoms with E-state index in [2.05, 4.69) is 44.2 Å². The molecule has 1 aromatic carbocycles. The van der Waals surface area contributed by atoms with E-state index >= 15 is 0 Å². The molecular weight excluding hydrogens is 328 g/mol. The Balaban J connectivity index is 1.64. The molecule has 0 saturated heterocycles. The molecule has 4 rings (SSSR count). The number of hydrogen-bond donors (Lipinski definition) is 1. The first-order chi connectivity index (χ1) is 12.6. The molecule has 132 valence electrons. The number of fused-ring (bicyclic) bond motifs is 1. The maximum atomic E-state index is 11.3. The fourth-order valence-corrected chi connectivity index (χ4v) is 3.27. The molecule has 0 bridgehead atoms. The zero-order chi connectivity index (χ0) is 18.1. The van der Waals surface area contributed by atoms with Crippen molar-refractivity contribution in [3.63, 3.8) is 0 Å². The van der Waals surface area contributed by atoms with Gasteiger partial charge in [0.1, 0.15) is 5.82 Å². The molecule has 0 atom stereocenters. The molecule has 0 spiro atoms. The number of rotatable bonds is 5. The van der Waals surface area contributed by atoms with Crippen molar-refractivity contribution >= 4 is 5.91 Å². The molecule has 0 aliphatic carbocycles. The molecule has 1 aliphatic heterocycles. The van der Waals surface area contributed by atoms with Crippen LogP contribution in [0, 0.1) is 6.92 Å². The van der Waals surface area contributed by atoms with Crippen LogP contribution >= 0.6 is 0 Å². The van der Waals surface area contributed by atoms with Crippen LogP contribution in [-0.2, 0) is 30.8 Å². The number of nitrogens with zero attached hydrogens (tertiary/aromatic N) is 5. The highest BCUT2D eigenvalue weighted by molar-refractivity contribution is 5.75. The molecule has 7 nitrogen and oxygen atoms in total. The molecule has 0 radical (unpaired) electrons. The van der Waals surface area contributed by atoms with Gasteiger partial charge in [-0.2, -0.15) is 4.68 Å². The summed E-state index contributed by atoms with van der Waals surface area (Å²) in [5.74, 6) is 1.43. The maximum absolute atomic E-state index is 11.3. The van der Waals surface area contributed by atoms with Gasteiger partial charge in [0.2, 0.25) is 5.91 Å². The fourth-order valence-electron chi connectivity index (χ4n) is 3.27. The van der Waals surface area contributed by atoms with Gasteiger partial charge in [0.25, 0.3) is 0 Å². The zero-order valence-electron chi connectivity index (χ0n) is 14.6. The third-order valence-electron chi connectivity index (χ3n) is 4.41. The number of amides is 1. The molecule has 2 N–H and O–H groups in total. The first kappa shape index (κ1) is 16.4. The summed E-state index contributed by atoms with van der Waals surface area (Å²) in [5, 5.41) is 4.47. The topological polar surface area (TPSA) is 89.9 Å². The summed E-state index contributed by atoms with van der Waals surface area (Å²) >= 11 is 0. The molecule has 26 heavy (non-hydrogen) atoms. The van der Waals surface area contributed by atoms with Gasteiger partial charge in [0.05, 0.1) is 13.0 Å². The molecule has 3 aromatic rings. The molecule has 7 heteroatoms. The van der Waals surface area contributed by atoms with Crippen LogP contribution in [0.3, 0.4) is 0 Å². The van der Waals surface area contributed by atoms with Crippen LogP contribution in [0.1, 0.15) is 28.5 Å². The van der Waals surface area contributed by atoms with E-state index in [1.807, 2.05) is 25.1 Å². The number of aryl methyl sites for hydroxylation is 1. The van der Waals surface area contributed by atoms with Crippen LogP contribution in [0.4, 0.5) is 0 Å². The van der Waals surface area contributed by atoms with Gasteiger partial charge in [0, 0.05) is 18.8 Å². The van der Waals surface area contributed by atoms with E-state index in [0.717, 1.165) is 24.6 Å². The van der Waals surface area contributed by atoms with E-state index in [4.69, 9.17) is 5.73 Å². The monoisotopic (exact) mass is 348 g/mol. The summed E-state index contributed by atoms with van der Waals surface area (Å²) < 4.78 is 1.72. The quantitative estimate of drug-likeness (QED) is 0.755. The van der Waals surface area contributed by atoms with Crippen LogP contribution in [0.15, 0.2) is 42.5 Å². The minimum Gasteiger partial charge on any atom is -0.369 e. The van der Waals surface area contributed by atoms with Gasteiger partial charge in [-0.1, -0.05) is 30.3 Å². The molecule has 0 unspecified atom stereocenters. The SMILES string of the molecule is Cc1cccc(-n2nc(CC(N)=O)nc2CN2Cc3ccccc3C2)n1. The summed E-state index contributed by atoms with van der Waals surface area (Å²) in [4.78, 5) is 22.7. The number of pyridine rings is 1. The van der Waals surface area contributed by atoms with Gasteiger partial charge in [-0.05, 0) is 30.2 Å². The standard InChI is InChI=1S/C19H20N6O/c1-13-5-4-8-18(21-13)25-19(22-17(23-25)9-16(20)26)12-24-10-14-6-2-3-7-15(14)11-24/h2-8H,9-12H2,1H3,(H2,20,26). The number of carbonyl (C=O) groups is 1. The van der Waals surface area contributed by atoms with Gasteiger partial charge in [-0.25, -0.2) is 9.97 Å². The van der Waals surface area contributed by atoms with Crippen LogP contribution in [0.2, 0.25) is 0 Å². The molecule has 1 amide bonds. The Morgan fingerprint density at radius 2 is 1.81 bits per heavy atom. The zero-order valence-corrected chi connectivity index (χ0v) is 14.6. The largest absolute Gasteiger partial charge is 0.369 e. The van der Waals surface area contributed by atoms with Crippen molar-refractivity contribution in [1.29, 1.82) is 0 Å². The Kier molecular flexibility index (Phi) is 4.22. The Hall–Kier alpha value is -3.06. The minimum atomic E-state index is -0.445. The number of hydrogen-bond acceptors (Lipinski definition) is 5. The van der Waals surface area contributed by atoms with E-state index in [1.54, 1.807) is 4.68 Å². The Labute approximate surface area is 151 Å². The van der Waals surface area contributed by atoms with Crippen LogP contribution < -0.4 is 5.73 Å². The van der Waals surface area contributed by atoms with Crippen molar-refractivity contribution in [2.45, 2.75) is 33.0 Å². The van der Waals surface area contributed by atoms with Gasteiger partial charge in [0.15, 0.2) is 11.6 Å². The average Bonchev–Trinajstić information content (AvgIpc) is 3.17. The van der Waals surface area contributed by atoms with E-state index in [1.165, 1.54) is 11.1 Å². The van der Waals surface area contributed by atoms with Gasteiger partial charge in [-0.3, -0.25) is 9.69 Å². The number of aromatic nitrogens is 4. The summed E-state index contributed by atoms with van der Waals surface area (Å²) in [5.41, 5.74) is 8.89. The van der Waals surface area contributed by atoms with Crippen molar-refractivity contribution in [3.05, 3.63) is 70.9 Å². The summed E-state index contributed by atoms with van der Waals surface area (Å²) in [6.45, 7) is 4.29. The Bertz CT molecular complexity index is 939. The lowest BCUT2D eigenvalue weighted by molar-refractivity contribution is -0.117. The number of benzene rings is 1. The van der Waals surface area contributed by atoms with Crippen molar-refractivity contribution in [3.8, 4) is 5.82 Å². The van der Waals surface area contributed by atoms with Crippen LogP contribution in [0.25, 0.3) is 5.82 Å². The highest BCUT2D eigenvalue weighted by Crippen LogP contribution is 2.24. The second kappa shape index (κ2) is 6.68. The Morgan fingerprint density at radius 3 is 2.46 bits per heavy atom. The summed E-state index contributed by atoms with van der Waals surface area (Å²) in [7, 11) is 0. The minimum absolute atomic E-state index is 0.0199. The lowest BCUT2D eigenvalue weighted by atomic mass is 10.1. The van der Waals surface area contributed by atoms with Gasteiger partial charge >= 0.3 is 0 Å². The third kappa shape index (κ3) is 3.34. The maximum Gasteiger partial charge on any atom is 0.225 e. The smallest absolute Gasteiger partial charge is 0.225 e. The lowest BCUT2D eigenvalue weighted by Gasteiger charge is -2.14. The van der Waals surface area contributed by atoms with Crippen molar-refractivity contribution in [1.82, 2.24) is 24.6 Å². The number of nitrogens with two attached hydrogens (primary N) is 1. The first-order valence-electron chi connectivity index (χ1n) is 8.55. The van der Waals surface area contributed by atoms with E-state index in [-0.39, 0.29) is 6.42 Å². The van der Waals surface area contributed by atoms with Gasteiger partial charge in [-0.15, -0.1) is 5.10 Å². The fraction of sp³-hybridized carbons (Fsp3) is 0.263. The highest BCUT2D eigenvalue weighted by Gasteiger charge is 2.22. The van der Waals surface area contributed by atoms with E-state index < -0.39 is 5.91 Å². The van der Waals surface area contributed by atoms with Crippen molar-refractivity contribution in [2.24, 2.45) is 5.73 Å². The molecule has 2 aromatic heterocycles. The van der Waals surface area contributed by atoms with E-state index in [0.29, 0.717) is 18.2 Å². The summed E-state index contributed by atoms with van der Waals surface area (Å²) in [6.07, 6.45) is 0.0199. The second-order valence-electron chi connectivity index (χ2n) is 6.55. The van der Waals surface area contributed by atoms with Crippen LogP contribution in [-0.4, -0.2) is 30.6 Å². The molecule has 0 saturated carbocycles. The summed E-state index contributed by atoms with van der Waals surface area (Å²) in [6, 6.07) is 14.2. The molecule has 1 aliphatic rings. The van der Waals surface area contributed by atoms with Crippen molar-refractivity contribution < 1.29 is 4.79 Å². The predicted octanol–water partition coefficient (Wildman–Crippen LogP) is 1.51. The Morgan fingerprint density at radius 1 is 1.08 bits per heavy atom. The predicted molar refractivity (Wildman–Crippen MR) is 96.2 cm³/mol. The normalized spacial score (nSPS) is 13.7. The first-order valence-corrected chi connectivity index (χ1v) is 8.55. The number of carbonyl (C=O) groups excluding carboxylic acids is 1. The van der Waals surface area contributed by atoms with Crippen LogP contribution in [0.5, 0.6) is 0 Å². The average molecular weight is 348 g/mol. The second-order valence-corrected chi connectivity index (χ2v) is 6.55. The highest BCUT2D eigenvalue weighted by atomic mass is 16.1. The van der Waals surface area contributed by atoms with Crippen molar-refractivity contribution in [2.75, 3.05) is 0 Å². The molecule has 3 heterocycles. The van der Waals surface area contributed by atoms with Gasteiger partial charge < -0.3 is 5.73 Å². The lowest BCUT2D eigenvalue weighted by Crippen LogP contribution is -2.19.